The molecule has 0 N–H and O–H groups in total. The van der Waals surface area contributed by atoms with E-state index < -0.39 is 18.5 Å². The van der Waals surface area contributed by atoms with Gasteiger partial charge in [0, 0.05) is 6.42 Å². The number of benzene rings is 1. The van der Waals surface area contributed by atoms with E-state index in [0.29, 0.717) is 11.7 Å². The molecule has 1 nitrogen and oxygen atoms in total. The molecule has 1 aromatic rings. The predicted octanol–water partition coefficient (Wildman–Crippen LogP) is 5.09. The fraction of sp³-hybridized carbons (Fsp3) is 0.600. The fourth-order valence-electron chi connectivity index (χ4n) is 1.88. The molecular weight excluding hydrogens is 253 g/mol. The lowest BCUT2D eigenvalue weighted by molar-refractivity contribution is -0.145. The van der Waals surface area contributed by atoms with Crippen molar-refractivity contribution < 1.29 is 17.9 Å². The molecular formula is C15H21F3O. The minimum atomic E-state index is -4.13. The smallest absolute Gasteiger partial charge is 0.389 e. The summed E-state index contributed by atoms with van der Waals surface area (Å²) in [5.41, 5.74) is 2.17. The normalized spacial score (nSPS) is 13.7. The van der Waals surface area contributed by atoms with Crippen LogP contribution in [0.3, 0.4) is 0 Å². The van der Waals surface area contributed by atoms with Crippen LogP contribution < -0.4 is 4.74 Å². The highest BCUT2D eigenvalue weighted by Gasteiger charge is 2.30. The summed E-state index contributed by atoms with van der Waals surface area (Å²) >= 11 is 0. The molecule has 0 bridgehead atoms. The van der Waals surface area contributed by atoms with E-state index in [1.54, 1.807) is 6.92 Å². The topological polar surface area (TPSA) is 9.23 Å². The van der Waals surface area contributed by atoms with Crippen LogP contribution in [0.2, 0.25) is 0 Å². The van der Waals surface area contributed by atoms with Crippen molar-refractivity contribution in [2.45, 2.75) is 46.2 Å². The van der Waals surface area contributed by atoms with Crippen LogP contribution in [0.1, 0.15) is 44.2 Å². The molecule has 0 aliphatic carbocycles. The van der Waals surface area contributed by atoms with E-state index in [1.807, 2.05) is 25.1 Å². The molecule has 0 spiro atoms. The number of aryl methyl sites for hydroxylation is 1. The number of rotatable bonds is 5. The molecule has 4 heteroatoms. The van der Waals surface area contributed by atoms with Crippen LogP contribution in [0.5, 0.6) is 5.75 Å². The standard InChI is InChI=1S/C15H21F3O/c1-10(2)13-5-6-14(12(4)7-13)19-9-11(3)8-15(16,17)18/h5-7,10-11H,8-9H2,1-4H3. The van der Waals surface area contributed by atoms with Gasteiger partial charge in [-0.05, 0) is 36.0 Å². The molecule has 108 valence electrons. The molecule has 1 aromatic carbocycles. The lowest BCUT2D eigenvalue weighted by Crippen LogP contribution is -2.18. The Morgan fingerprint density at radius 2 is 1.79 bits per heavy atom. The van der Waals surface area contributed by atoms with Crippen LogP contribution in [-0.4, -0.2) is 12.8 Å². The number of ether oxygens (including phenoxy) is 1. The zero-order valence-electron chi connectivity index (χ0n) is 11.8. The highest BCUT2D eigenvalue weighted by atomic mass is 19.4. The maximum absolute atomic E-state index is 12.2. The van der Waals surface area contributed by atoms with Crippen molar-refractivity contribution in [1.82, 2.24) is 0 Å². The summed E-state index contributed by atoms with van der Waals surface area (Å²) in [6.07, 6.45) is -4.94. The highest BCUT2D eigenvalue weighted by molar-refractivity contribution is 5.37. The average Bonchev–Trinajstić information content (AvgIpc) is 2.24. The minimum absolute atomic E-state index is 0.0847. The molecule has 0 fully saturated rings. The van der Waals surface area contributed by atoms with Gasteiger partial charge in [0.2, 0.25) is 0 Å². The van der Waals surface area contributed by atoms with Crippen LogP contribution in [-0.2, 0) is 0 Å². The summed E-state index contributed by atoms with van der Waals surface area (Å²) in [4.78, 5) is 0. The maximum Gasteiger partial charge on any atom is 0.389 e. The second-order valence-corrected chi connectivity index (χ2v) is 5.42. The van der Waals surface area contributed by atoms with E-state index >= 15 is 0 Å². The van der Waals surface area contributed by atoms with E-state index in [1.165, 1.54) is 5.56 Å². The SMILES string of the molecule is Cc1cc(C(C)C)ccc1OCC(C)CC(F)(F)F. The highest BCUT2D eigenvalue weighted by Crippen LogP contribution is 2.27. The summed E-state index contributed by atoms with van der Waals surface area (Å²) in [5.74, 6) is 0.555. The van der Waals surface area contributed by atoms with Gasteiger partial charge in [-0.2, -0.15) is 13.2 Å². The average molecular weight is 274 g/mol. The van der Waals surface area contributed by atoms with E-state index in [-0.39, 0.29) is 6.61 Å². The summed E-state index contributed by atoms with van der Waals surface area (Å²) in [5, 5.41) is 0. The quantitative estimate of drug-likeness (QED) is 0.727. The molecule has 0 heterocycles. The van der Waals surface area contributed by atoms with Gasteiger partial charge in [0.25, 0.3) is 0 Å². The molecule has 0 saturated heterocycles. The number of alkyl halides is 3. The Kier molecular flexibility index (Phi) is 5.27. The fourth-order valence-corrected chi connectivity index (χ4v) is 1.88. The molecule has 0 aliphatic rings. The van der Waals surface area contributed by atoms with Gasteiger partial charge in [0.15, 0.2) is 0 Å². The van der Waals surface area contributed by atoms with Crippen molar-refractivity contribution >= 4 is 0 Å². The number of hydrogen-bond donors (Lipinski definition) is 0. The van der Waals surface area contributed by atoms with Gasteiger partial charge in [-0.1, -0.05) is 32.9 Å². The molecule has 0 amide bonds. The Hall–Kier alpha value is -1.19. The zero-order valence-corrected chi connectivity index (χ0v) is 11.8. The maximum atomic E-state index is 12.2. The molecule has 0 radical (unpaired) electrons. The molecule has 1 atom stereocenters. The van der Waals surface area contributed by atoms with Crippen LogP contribution in [0, 0.1) is 12.8 Å². The number of halogens is 3. The van der Waals surface area contributed by atoms with Gasteiger partial charge in [0.05, 0.1) is 6.61 Å². The van der Waals surface area contributed by atoms with Crippen molar-refractivity contribution in [3.05, 3.63) is 29.3 Å². The Morgan fingerprint density at radius 3 is 2.26 bits per heavy atom. The molecule has 19 heavy (non-hydrogen) atoms. The first-order valence-electron chi connectivity index (χ1n) is 6.49. The molecule has 0 aliphatic heterocycles. The minimum Gasteiger partial charge on any atom is -0.493 e. The van der Waals surface area contributed by atoms with Gasteiger partial charge >= 0.3 is 6.18 Å². The van der Waals surface area contributed by atoms with Gasteiger partial charge in [-0.25, -0.2) is 0 Å². The Labute approximate surface area is 112 Å². The lowest BCUT2D eigenvalue weighted by Gasteiger charge is -2.17. The zero-order chi connectivity index (χ0) is 14.6. The third kappa shape index (κ3) is 5.53. The van der Waals surface area contributed by atoms with E-state index in [9.17, 15) is 13.2 Å². The molecule has 1 rings (SSSR count). The van der Waals surface area contributed by atoms with Gasteiger partial charge in [0.1, 0.15) is 5.75 Å². The monoisotopic (exact) mass is 274 g/mol. The third-order valence-electron chi connectivity index (χ3n) is 2.97. The first kappa shape index (κ1) is 15.9. The molecule has 0 saturated carbocycles. The summed E-state index contributed by atoms with van der Waals surface area (Å²) in [6.45, 7) is 7.74. The van der Waals surface area contributed by atoms with E-state index in [2.05, 4.69) is 13.8 Å². The van der Waals surface area contributed by atoms with Crippen molar-refractivity contribution in [3.63, 3.8) is 0 Å². The Bertz CT molecular complexity index is 410. The van der Waals surface area contributed by atoms with E-state index in [0.717, 1.165) is 5.56 Å². The van der Waals surface area contributed by atoms with Crippen LogP contribution in [0.25, 0.3) is 0 Å². The Morgan fingerprint density at radius 1 is 1.16 bits per heavy atom. The number of hydrogen-bond acceptors (Lipinski definition) is 1. The van der Waals surface area contributed by atoms with Crippen molar-refractivity contribution in [2.75, 3.05) is 6.61 Å². The first-order chi connectivity index (χ1) is 8.69. The van der Waals surface area contributed by atoms with E-state index in [4.69, 9.17) is 4.74 Å². The van der Waals surface area contributed by atoms with Crippen LogP contribution in [0.15, 0.2) is 18.2 Å². The van der Waals surface area contributed by atoms with Gasteiger partial charge < -0.3 is 4.74 Å². The summed E-state index contributed by atoms with van der Waals surface area (Å²) in [7, 11) is 0. The van der Waals surface area contributed by atoms with Gasteiger partial charge in [-0.3, -0.25) is 0 Å². The third-order valence-corrected chi connectivity index (χ3v) is 2.97. The Balaban J connectivity index is 2.59. The summed E-state index contributed by atoms with van der Waals surface area (Å²) in [6, 6.07) is 5.82. The largest absolute Gasteiger partial charge is 0.493 e. The lowest BCUT2D eigenvalue weighted by atomic mass is 10.0. The predicted molar refractivity (Wildman–Crippen MR) is 70.6 cm³/mol. The second-order valence-electron chi connectivity index (χ2n) is 5.42. The molecule has 1 unspecified atom stereocenters. The molecule has 0 aromatic heterocycles. The van der Waals surface area contributed by atoms with Crippen molar-refractivity contribution in [1.29, 1.82) is 0 Å². The van der Waals surface area contributed by atoms with Crippen molar-refractivity contribution in [3.8, 4) is 5.75 Å². The second kappa shape index (κ2) is 6.31. The first-order valence-corrected chi connectivity index (χ1v) is 6.49. The van der Waals surface area contributed by atoms with Crippen molar-refractivity contribution in [2.24, 2.45) is 5.92 Å². The van der Waals surface area contributed by atoms with Crippen LogP contribution >= 0.6 is 0 Å². The van der Waals surface area contributed by atoms with Crippen LogP contribution in [0.4, 0.5) is 13.2 Å². The van der Waals surface area contributed by atoms with Gasteiger partial charge in [-0.15, -0.1) is 0 Å². The summed E-state index contributed by atoms with van der Waals surface area (Å²) < 4.78 is 42.1.